The number of nitriles is 1. The predicted molar refractivity (Wildman–Crippen MR) is 220 cm³/mol. The first-order valence-corrected chi connectivity index (χ1v) is 20.1. The third-order valence-corrected chi connectivity index (χ3v) is 10.0. The largest absolute Gasteiger partial charge is 0.444 e. The zero-order chi connectivity index (χ0) is 42.6. The van der Waals surface area contributed by atoms with Crippen molar-refractivity contribution >= 4 is 35.5 Å². The van der Waals surface area contributed by atoms with E-state index in [1.165, 1.54) is 0 Å². The van der Waals surface area contributed by atoms with Gasteiger partial charge >= 0.3 is 6.09 Å². The van der Waals surface area contributed by atoms with Crippen LogP contribution in [0.3, 0.4) is 0 Å². The van der Waals surface area contributed by atoms with Gasteiger partial charge in [0.25, 0.3) is 0 Å². The summed E-state index contributed by atoms with van der Waals surface area (Å²) in [4.78, 5) is 74.3. The highest BCUT2D eigenvalue weighted by Crippen LogP contribution is 2.39. The summed E-state index contributed by atoms with van der Waals surface area (Å²) in [7, 11) is 0. The summed E-state index contributed by atoms with van der Waals surface area (Å²) in [5.41, 5.74) is 1.42. The molecular weight excluding hydrogens is 757 g/mol. The summed E-state index contributed by atoms with van der Waals surface area (Å²) in [6.45, 7) is 14.4. The molecule has 0 radical (unpaired) electrons. The predicted octanol–water partition coefficient (Wildman–Crippen LogP) is 4.06. The van der Waals surface area contributed by atoms with Crippen molar-refractivity contribution in [2.75, 3.05) is 69.0 Å². The smallest absolute Gasteiger partial charge is 0.407 e. The van der Waals surface area contributed by atoms with Crippen molar-refractivity contribution < 1.29 is 33.4 Å². The van der Waals surface area contributed by atoms with Gasteiger partial charge in [-0.1, -0.05) is 18.9 Å². The monoisotopic (exact) mass is 812 g/mol. The maximum atomic E-state index is 13.4. The number of pyridine rings is 2. The fraction of sp³-hybridized carbons (Fsp3) is 0.548. The highest BCUT2D eigenvalue weighted by molar-refractivity contribution is 6.12. The van der Waals surface area contributed by atoms with E-state index in [9.17, 15) is 24.4 Å². The zero-order valence-electron chi connectivity index (χ0n) is 35.0. The molecule has 2 aliphatic heterocycles. The maximum absolute atomic E-state index is 13.4. The third-order valence-electron chi connectivity index (χ3n) is 10.0. The molecule has 3 amide bonds. The van der Waals surface area contributed by atoms with Crippen molar-refractivity contribution in [1.82, 2.24) is 35.5 Å². The van der Waals surface area contributed by atoms with Gasteiger partial charge in [-0.3, -0.25) is 14.4 Å². The Hall–Kier alpha value is -5.73. The molecule has 1 fully saturated rings. The Bertz CT molecular complexity index is 1980. The summed E-state index contributed by atoms with van der Waals surface area (Å²) in [6, 6.07) is 9.14. The lowest BCUT2D eigenvalue weighted by Gasteiger charge is -2.39. The van der Waals surface area contributed by atoms with Crippen LogP contribution < -0.4 is 20.4 Å². The van der Waals surface area contributed by atoms with E-state index in [1.54, 1.807) is 41.7 Å². The second-order valence-corrected chi connectivity index (χ2v) is 16.1. The zero-order valence-corrected chi connectivity index (χ0v) is 35.0. The van der Waals surface area contributed by atoms with Crippen molar-refractivity contribution in [1.29, 1.82) is 5.26 Å². The van der Waals surface area contributed by atoms with E-state index in [2.05, 4.69) is 31.7 Å². The van der Waals surface area contributed by atoms with Gasteiger partial charge in [0.2, 0.25) is 17.8 Å². The molecule has 2 N–H and O–H groups in total. The second kappa shape index (κ2) is 20.3. The molecular formula is C42H56N10O7. The second-order valence-electron chi connectivity index (χ2n) is 16.1. The Morgan fingerprint density at radius 2 is 1.71 bits per heavy atom. The summed E-state index contributed by atoms with van der Waals surface area (Å²) >= 11 is 0. The Labute approximate surface area is 345 Å². The van der Waals surface area contributed by atoms with Gasteiger partial charge in [0, 0.05) is 75.1 Å². The summed E-state index contributed by atoms with van der Waals surface area (Å²) in [5.74, 6) is 0.438. The lowest BCUT2D eigenvalue weighted by molar-refractivity contribution is -0.136. The van der Waals surface area contributed by atoms with Gasteiger partial charge in [0.05, 0.1) is 36.6 Å². The third kappa shape index (κ3) is 12.1. The number of fused-ring (bicyclic) bond motifs is 1. The molecule has 1 saturated heterocycles. The number of alkyl carbamates (subject to hydrolysis) is 1. The molecule has 0 spiro atoms. The molecule has 3 aromatic rings. The maximum Gasteiger partial charge on any atom is 0.407 e. The number of ketones is 1. The molecule has 59 heavy (non-hydrogen) atoms. The van der Waals surface area contributed by atoms with Crippen LogP contribution in [0.1, 0.15) is 88.8 Å². The lowest BCUT2D eigenvalue weighted by atomic mass is 9.97. The topological polar surface area (TPSA) is 205 Å². The number of nitrogens with zero attached hydrogens (tertiary/aromatic N) is 8. The van der Waals surface area contributed by atoms with Crippen molar-refractivity contribution in [3.8, 4) is 17.3 Å². The number of Topliss-reactive ketones (excluding diaryl/α,β-unsaturated/α-hetero) is 1. The van der Waals surface area contributed by atoms with Crippen LogP contribution in [-0.2, 0) is 30.3 Å². The normalized spacial score (nSPS) is 16.1. The minimum Gasteiger partial charge on any atom is -0.444 e. The van der Waals surface area contributed by atoms with Crippen LogP contribution in [0.4, 0.5) is 16.6 Å². The molecule has 17 nitrogen and oxygen atoms in total. The van der Waals surface area contributed by atoms with E-state index < -0.39 is 17.2 Å². The highest BCUT2D eigenvalue weighted by atomic mass is 16.6. The average molecular weight is 813 g/mol. The van der Waals surface area contributed by atoms with Crippen molar-refractivity contribution in [3.05, 3.63) is 59.7 Å². The molecule has 17 heteroatoms. The Morgan fingerprint density at radius 3 is 2.44 bits per heavy atom. The summed E-state index contributed by atoms with van der Waals surface area (Å²) in [6.07, 6.45) is 8.26. The minimum absolute atomic E-state index is 0.0516. The Kier molecular flexibility index (Phi) is 15.3. The quantitative estimate of drug-likeness (QED) is 0.174. The number of nitrogens with one attached hydrogen (secondary N) is 2. The van der Waals surface area contributed by atoms with Gasteiger partial charge < -0.3 is 39.5 Å². The number of hydrogen-bond donors (Lipinski definition) is 2. The number of carbonyl (C=O) groups is 4. The molecule has 0 unspecified atom stereocenters. The molecule has 1 atom stereocenters. The molecule has 5 rings (SSSR count). The van der Waals surface area contributed by atoms with E-state index in [-0.39, 0.29) is 43.4 Å². The molecule has 0 saturated carbocycles. The van der Waals surface area contributed by atoms with Crippen molar-refractivity contribution in [2.45, 2.75) is 91.0 Å². The van der Waals surface area contributed by atoms with Crippen molar-refractivity contribution in [2.24, 2.45) is 0 Å². The molecule has 316 valence electrons. The highest BCUT2D eigenvalue weighted by Gasteiger charge is 2.45. The number of hydrogen-bond acceptors (Lipinski definition) is 14. The number of aromatic nitrogens is 4. The number of amides is 3. The lowest BCUT2D eigenvalue weighted by Crippen LogP contribution is -2.56. The van der Waals surface area contributed by atoms with Gasteiger partial charge in [-0.25, -0.2) is 24.7 Å². The van der Waals surface area contributed by atoms with Gasteiger partial charge in [0.1, 0.15) is 29.8 Å². The first kappa shape index (κ1) is 44.4. The SMILES string of the molecule is C[C@@H]1CN(c2ncc(-c3ccc4c(n3)N(Cc3cccnc3C#N)C(C)(C)C4=O)cn2)CCN1C(=O)CNC(=O)COCCOCCCCCCNC(=O)OC(C)(C)C. The van der Waals surface area contributed by atoms with Crippen LogP contribution in [0, 0.1) is 11.3 Å². The standard InChI is InChI=1S/C42H56N10O7/c1-29-26-50(17-18-51(29)36(54)25-46-35(53)28-58-21-20-57-19-10-8-7-9-15-45-40(56)59-41(2,3)4)39-47-23-31(24-48-39)33-14-13-32-37(55)42(5,6)52(38(32)49-33)27-30-12-11-16-44-34(30)22-43/h11-14,16,23-24,29H,7-10,15,17-21,25-28H2,1-6H3,(H,45,56)(H,46,53)/t29-/m1/s1. The van der Waals surface area contributed by atoms with Crippen LogP contribution in [0.15, 0.2) is 42.9 Å². The molecule has 5 heterocycles. The van der Waals surface area contributed by atoms with Gasteiger partial charge in [-0.15, -0.1) is 0 Å². The van der Waals surface area contributed by atoms with Crippen molar-refractivity contribution in [3.63, 3.8) is 0 Å². The summed E-state index contributed by atoms with van der Waals surface area (Å²) in [5, 5.41) is 15.0. The molecule has 3 aromatic heterocycles. The van der Waals surface area contributed by atoms with Crippen LogP contribution in [0.2, 0.25) is 0 Å². The average Bonchev–Trinajstić information content (AvgIpc) is 3.39. The Balaban J connectivity index is 0.991. The van der Waals surface area contributed by atoms with Gasteiger partial charge in [-0.05, 0) is 72.6 Å². The first-order chi connectivity index (χ1) is 28.2. The fourth-order valence-corrected chi connectivity index (χ4v) is 6.84. The van der Waals surface area contributed by atoms with E-state index in [1.807, 2.05) is 57.4 Å². The van der Waals surface area contributed by atoms with Gasteiger partial charge in [0.15, 0.2) is 5.78 Å². The molecule has 0 aliphatic carbocycles. The van der Waals surface area contributed by atoms with Crippen LogP contribution >= 0.6 is 0 Å². The molecule has 2 aliphatic rings. The molecule has 0 aromatic carbocycles. The van der Waals surface area contributed by atoms with Crippen LogP contribution in [0.5, 0.6) is 0 Å². The number of piperazine rings is 1. The molecule has 0 bridgehead atoms. The van der Waals surface area contributed by atoms with Gasteiger partial charge in [-0.2, -0.15) is 5.26 Å². The van der Waals surface area contributed by atoms with E-state index >= 15 is 0 Å². The van der Waals surface area contributed by atoms with E-state index in [4.69, 9.17) is 19.2 Å². The Morgan fingerprint density at radius 1 is 0.966 bits per heavy atom. The first-order valence-electron chi connectivity index (χ1n) is 20.1. The number of carbonyl (C=O) groups excluding carboxylic acids is 4. The summed E-state index contributed by atoms with van der Waals surface area (Å²) < 4.78 is 16.2. The number of ether oxygens (including phenoxy) is 3. The fourth-order valence-electron chi connectivity index (χ4n) is 6.84. The van der Waals surface area contributed by atoms with E-state index in [0.717, 1.165) is 25.7 Å². The minimum atomic E-state index is -0.873. The van der Waals surface area contributed by atoms with Crippen LogP contribution in [-0.4, -0.2) is 125 Å². The number of anilines is 2. The number of unbranched alkanes of at least 4 members (excludes halogenated alkanes) is 3. The number of rotatable bonds is 18. The van der Waals surface area contributed by atoms with Crippen LogP contribution in [0.25, 0.3) is 11.3 Å². The van der Waals surface area contributed by atoms with E-state index in [0.29, 0.717) is 85.8 Å².